The third kappa shape index (κ3) is 3.85. The van der Waals surface area contributed by atoms with Crippen LogP contribution < -0.4 is 0 Å². The van der Waals surface area contributed by atoms with Crippen molar-refractivity contribution in [1.82, 2.24) is 4.90 Å². The van der Waals surface area contributed by atoms with Gasteiger partial charge in [0.25, 0.3) is 0 Å². The lowest BCUT2D eigenvalue weighted by molar-refractivity contribution is -0.162. The largest absolute Gasteiger partial charge is 0.469 e. The van der Waals surface area contributed by atoms with Crippen LogP contribution in [0.4, 0.5) is 8.78 Å². The van der Waals surface area contributed by atoms with Gasteiger partial charge in [-0.3, -0.25) is 9.69 Å². The van der Waals surface area contributed by atoms with Crippen molar-refractivity contribution in [2.24, 2.45) is 5.92 Å². The van der Waals surface area contributed by atoms with Gasteiger partial charge in [0, 0.05) is 12.1 Å². The molecular formula is C23H25F2NO4. The smallest absolute Gasteiger partial charge is 0.312 e. The molecule has 0 amide bonds. The molecule has 1 N–H and O–H groups in total. The third-order valence-electron chi connectivity index (χ3n) is 6.39. The van der Waals surface area contributed by atoms with Crippen molar-refractivity contribution in [3.63, 3.8) is 0 Å². The van der Waals surface area contributed by atoms with Crippen LogP contribution in [0.5, 0.6) is 0 Å². The standard InChI is InChI=1S/C23H25F2NO4/c1-26-17-12-20(21(23(28)29-2)18(26)11-19(17)27)30-22(13-3-7-15(24)8-4-13)14-5-9-16(25)10-6-14/h3-10,17-22,27H,11-12H2,1-2H3/t17-,18-,19+,20-,21-/m1/s1. The van der Waals surface area contributed by atoms with Crippen LogP contribution in [-0.4, -0.2) is 54.4 Å². The number of fused-ring (bicyclic) bond motifs is 2. The summed E-state index contributed by atoms with van der Waals surface area (Å²) in [6, 6.07) is 11.5. The molecule has 0 radical (unpaired) electrons. The minimum atomic E-state index is -0.622. The Labute approximate surface area is 174 Å². The molecule has 2 bridgehead atoms. The zero-order valence-corrected chi connectivity index (χ0v) is 16.9. The number of piperidine rings is 1. The van der Waals surface area contributed by atoms with Crippen LogP contribution in [0.25, 0.3) is 0 Å². The summed E-state index contributed by atoms with van der Waals surface area (Å²) in [7, 11) is 3.24. The van der Waals surface area contributed by atoms with Crippen LogP contribution in [0.15, 0.2) is 48.5 Å². The van der Waals surface area contributed by atoms with E-state index < -0.39 is 24.2 Å². The molecule has 0 unspecified atom stereocenters. The van der Waals surface area contributed by atoms with Crippen LogP contribution in [0, 0.1) is 17.6 Å². The van der Waals surface area contributed by atoms with Crippen molar-refractivity contribution in [3.05, 3.63) is 71.3 Å². The van der Waals surface area contributed by atoms with E-state index in [2.05, 4.69) is 0 Å². The Bertz CT molecular complexity index is 844. The van der Waals surface area contributed by atoms with Crippen LogP contribution in [-0.2, 0) is 14.3 Å². The number of esters is 1. The molecule has 30 heavy (non-hydrogen) atoms. The van der Waals surface area contributed by atoms with E-state index in [1.54, 1.807) is 24.3 Å². The summed E-state index contributed by atoms with van der Waals surface area (Å²) < 4.78 is 38.5. The van der Waals surface area contributed by atoms with Gasteiger partial charge in [0.15, 0.2) is 0 Å². The summed E-state index contributed by atoms with van der Waals surface area (Å²) >= 11 is 0. The third-order valence-corrected chi connectivity index (χ3v) is 6.39. The maximum absolute atomic E-state index is 13.5. The molecule has 0 aromatic heterocycles. The molecule has 5 atom stereocenters. The molecule has 160 valence electrons. The second kappa shape index (κ2) is 8.41. The molecule has 0 saturated carbocycles. The Morgan fingerprint density at radius 2 is 1.53 bits per heavy atom. The van der Waals surface area contributed by atoms with Gasteiger partial charge in [0.2, 0.25) is 0 Å². The Balaban J connectivity index is 1.69. The van der Waals surface area contributed by atoms with Gasteiger partial charge in [-0.2, -0.15) is 0 Å². The molecule has 2 aromatic carbocycles. The molecule has 0 aliphatic carbocycles. The highest BCUT2D eigenvalue weighted by molar-refractivity contribution is 5.74. The normalized spacial score (nSPS) is 28.7. The van der Waals surface area contributed by atoms with E-state index in [0.29, 0.717) is 24.0 Å². The van der Waals surface area contributed by atoms with Crippen LogP contribution in [0.1, 0.15) is 30.1 Å². The molecular weight excluding hydrogens is 392 g/mol. The first kappa shape index (κ1) is 20.9. The number of ether oxygens (including phenoxy) is 2. The van der Waals surface area contributed by atoms with Gasteiger partial charge in [0.05, 0.1) is 25.2 Å². The number of hydrogen-bond acceptors (Lipinski definition) is 5. The highest BCUT2D eigenvalue weighted by Gasteiger charge is 2.54. The minimum Gasteiger partial charge on any atom is -0.469 e. The van der Waals surface area contributed by atoms with Gasteiger partial charge >= 0.3 is 5.97 Å². The molecule has 2 heterocycles. The number of methoxy groups -OCH3 is 1. The fourth-order valence-electron chi connectivity index (χ4n) is 4.83. The lowest BCUT2D eigenvalue weighted by Gasteiger charge is -2.42. The average molecular weight is 417 g/mol. The number of aliphatic hydroxyl groups excluding tert-OH is 1. The second-order valence-electron chi connectivity index (χ2n) is 8.05. The van der Waals surface area contributed by atoms with Gasteiger partial charge in [-0.1, -0.05) is 24.3 Å². The molecule has 2 aliphatic rings. The SMILES string of the molecule is COC(=O)[C@@H]1[C@H]2C[C@H](O)[C@@H](C[C@H]1OC(c1ccc(F)cc1)c1ccc(F)cc1)N2C. The Morgan fingerprint density at radius 1 is 1.00 bits per heavy atom. The van der Waals surface area contributed by atoms with E-state index >= 15 is 0 Å². The Kier molecular flexibility index (Phi) is 5.86. The monoisotopic (exact) mass is 417 g/mol. The van der Waals surface area contributed by atoms with Crippen molar-refractivity contribution in [3.8, 4) is 0 Å². The molecule has 2 saturated heterocycles. The van der Waals surface area contributed by atoms with Crippen LogP contribution in [0.3, 0.4) is 0 Å². The number of carbonyl (C=O) groups is 1. The summed E-state index contributed by atoms with van der Waals surface area (Å²) in [6.45, 7) is 0. The van der Waals surface area contributed by atoms with Crippen molar-refractivity contribution in [1.29, 1.82) is 0 Å². The summed E-state index contributed by atoms with van der Waals surface area (Å²) in [5, 5.41) is 10.5. The predicted octanol–water partition coefficient (Wildman–Crippen LogP) is 3.07. The summed E-state index contributed by atoms with van der Waals surface area (Å²) in [4.78, 5) is 14.7. The quantitative estimate of drug-likeness (QED) is 0.758. The fraction of sp³-hybridized carbons (Fsp3) is 0.435. The predicted molar refractivity (Wildman–Crippen MR) is 106 cm³/mol. The zero-order valence-electron chi connectivity index (χ0n) is 16.9. The number of likely N-dealkylation sites (N-methyl/N-ethyl adjacent to an activating group) is 1. The highest BCUT2D eigenvalue weighted by Crippen LogP contribution is 2.42. The first-order valence-electron chi connectivity index (χ1n) is 10.0. The number of nitrogens with zero attached hydrogens (tertiary/aromatic N) is 1. The topological polar surface area (TPSA) is 59.0 Å². The summed E-state index contributed by atoms with van der Waals surface area (Å²) in [5.41, 5.74) is 1.39. The van der Waals surface area contributed by atoms with E-state index in [0.717, 1.165) is 0 Å². The number of rotatable bonds is 5. The lowest BCUT2D eigenvalue weighted by atomic mass is 9.87. The van der Waals surface area contributed by atoms with E-state index in [9.17, 15) is 18.7 Å². The Morgan fingerprint density at radius 3 is 2.03 bits per heavy atom. The zero-order chi connectivity index (χ0) is 21.4. The molecule has 0 spiro atoms. The van der Waals surface area contributed by atoms with Gasteiger partial charge in [-0.25, -0.2) is 8.78 Å². The van der Waals surface area contributed by atoms with Gasteiger partial charge in [0.1, 0.15) is 17.7 Å². The summed E-state index contributed by atoms with van der Waals surface area (Å²) in [5.74, 6) is -1.70. The first-order chi connectivity index (χ1) is 14.4. The van der Waals surface area contributed by atoms with Crippen molar-refractivity contribution in [2.45, 2.75) is 43.2 Å². The van der Waals surface area contributed by atoms with Crippen molar-refractivity contribution >= 4 is 5.97 Å². The van der Waals surface area contributed by atoms with Crippen LogP contribution >= 0.6 is 0 Å². The van der Waals surface area contributed by atoms with Gasteiger partial charge in [-0.15, -0.1) is 0 Å². The van der Waals surface area contributed by atoms with E-state index in [1.165, 1.54) is 31.4 Å². The maximum atomic E-state index is 13.5. The molecule has 2 aromatic rings. The first-order valence-corrected chi connectivity index (χ1v) is 10.0. The number of benzene rings is 2. The number of aliphatic hydroxyl groups is 1. The molecule has 7 heteroatoms. The molecule has 4 rings (SSSR count). The minimum absolute atomic E-state index is 0.122. The average Bonchev–Trinajstić information content (AvgIpc) is 2.92. The summed E-state index contributed by atoms with van der Waals surface area (Å²) in [6.07, 6.45) is -0.758. The van der Waals surface area contributed by atoms with Crippen molar-refractivity contribution < 1.29 is 28.2 Å². The molecule has 2 aliphatic heterocycles. The highest BCUT2D eigenvalue weighted by atomic mass is 19.1. The molecule has 2 fully saturated rings. The number of hydrogen-bond donors (Lipinski definition) is 1. The maximum Gasteiger partial charge on any atom is 0.312 e. The Hall–Kier alpha value is -2.35. The van der Waals surface area contributed by atoms with Crippen molar-refractivity contribution in [2.75, 3.05) is 14.2 Å². The van der Waals surface area contributed by atoms with E-state index in [-0.39, 0.29) is 29.7 Å². The molecule has 5 nitrogen and oxygen atoms in total. The lowest BCUT2D eigenvalue weighted by Crippen LogP contribution is -2.54. The number of carbonyl (C=O) groups excluding carboxylic acids is 1. The second-order valence-corrected chi connectivity index (χ2v) is 8.05. The van der Waals surface area contributed by atoms with Crippen LogP contribution in [0.2, 0.25) is 0 Å². The number of halogens is 2. The fourth-order valence-corrected chi connectivity index (χ4v) is 4.83. The van der Waals surface area contributed by atoms with E-state index in [4.69, 9.17) is 9.47 Å². The van der Waals surface area contributed by atoms with Gasteiger partial charge < -0.3 is 14.6 Å². The van der Waals surface area contributed by atoms with Gasteiger partial charge in [-0.05, 0) is 55.3 Å². The van der Waals surface area contributed by atoms with E-state index in [1.807, 2.05) is 11.9 Å².